The molecule has 2 aromatic rings. The molecule has 0 spiro atoms. The maximum Gasteiger partial charge on any atom is 0.460 e. The third-order valence-electron chi connectivity index (χ3n) is 4.89. The molecule has 0 saturated heterocycles. The zero-order chi connectivity index (χ0) is 18.3. The molecule has 0 amide bonds. The Morgan fingerprint density at radius 3 is 1.52 bits per heavy atom. The van der Waals surface area contributed by atoms with Crippen molar-refractivity contribution in [2.24, 2.45) is 0 Å². The molecule has 0 N–H and O–H groups in total. The standard InChI is InChI=1S/C20H28O3Si2/c1-5-24(6-2,7-3)23-25(22-18(4)21,19-14-10-8-11-15-19)20-16-12-9-13-17-20/h8-17H,5-7H2,1-4H3. The van der Waals surface area contributed by atoms with Gasteiger partial charge in [-0.2, -0.15) is 0 Å². The van der Waals surface area contributed by atoms with Crippen LogP contribution in [0.1, 0.15) is 27.7 Å². The predicted molar refractivity (Wildman–Crippen MR) is 108 cm³/mol. The highest BCUT2D eigenvalue weighted by atomic mass is 28.4. The van der Waals surface area contributed by atoms with Crippen LogP contribution in [0.3, 0.4) is 0 Å². The fraction of sp³-hybridized carbons (Fsp3) is 0.350. The van der Waals surface area contributed by atoms with Crippen molar-refractivity contribution >= 4 is 33.2 Å². The number of carbonyl (C=O) groups is 1. The maximum atomic E-state index is 12.1. The molecule has 0 atom stereocenters. The summed E-state index contributed by atoms with van der Waals surface area (Å²) < 4.78 is 13.1. The number of carbonyl (C=O) groups excluding carboxylic acids is 1. The zero-order valence-electron chi connectivity index (χ0n) is 15.6. The lowest BCUT2D eigenvalue weighted by Gasteiger charge is -2.40. The van der Waals surface area contributed by atoms with Crippen LogP contribution in [0, 0.1) is 0 Å². The van der Waals surface area contributed by atoms with E-state index >= 15 is 0 Å². The van der Waals surface area contributed by atoms with Gasteiger partial charge in [-0.1, -0.05) is 81.4 Å². The van der Waals surface area contributed by atoms with Crippen molar-refractivity contribution in [3.8, 4) is 0 Å². The minimum atomic E-state index is -3.10. The van der Waals surface area contributed by atoms with E-state index in [2.05, 4.69) is 20.8 Å². The highest BCUT2D eigenvalue weighted by Gasteiger charge is 2.51. The average Bonchev–Trinajstić information content (AvgIpc) is 2.66. The Morgan fingerprint density at radius 1 is 0.800 bits per heavy atom. The summed E-state index contributed by atoms with van der Waals surface area (Å²) in [6.07, 6.45) is 0. The summed E-state index contributed by atoms with van der Waals surface area (Å²) in [5.41, 5.74) is 0. The van der Waals surface area contributed by atoms with E-state index in [0.29, 0.717) is 0 Å². The van der Waals surface area contributed by atoms with Gasteiger partial charge in [-0.05, 0) is 18.1 Å². The molecule has 0 fully saturated rings. The minimum Gasteiger partial charge on any atom is -0.488 e. The van der Waals surface area contributed by atoms with Crippen LogP contribution in [0.4, 0.5) is 0 Å². The lowest BCUT2D eigenvalue weighted by atomic mass is 10.4. The van der Waals surface area contributed by atoms with Crippen molar-refractivity contribution in [2.75, 3.05) is 0 Å². The van der Waals surface area contributed by atoms with Crippen LogP contribution < -0.4 is 10.4 Å². The molecule has 0 aliphatic heterocycles. The average molecular weight is 373 g/mol. The molecule has 0 saturated carbocycles. The van der Waals surface area contributed by atoms with Gasteiger partial charge in [0.05, 0.1) is 0 Å². The number of hydrogen-bond acceptors (Lipinski definition) is 3. The van der Waals surface area contributed by atoms with E-state index in [0.717, 1.165) is 28.5 Å². The fourth-order valence-corrected chi connectivity index (χ4v) is 12.2. The van der Waals surface area contributed by atoms with Crippen LogP contribution in [0.15, 0.2) is 60.7 Å². The molecular formula is C20H28O3Si2. The second-order valence-electron chi connectivity index (χ2n) is 6.29. The Labute approximate surface area is 153 Å². The van der Waals surface area contributed by atoms with Crippen LogP contribution >= 0.6 is 0 Å². The number of benzene rings is 2. The molecular weight excluding hydrogens is 344 g/mol. The van der Waals surface area contributed by atoms with E-state index in [4.69, 9.17) is 8.54 Å². The molecule has 0 aliphatic rings. The summed E-state index contributed by atoms with van der Waals surface area (Å²) in [6, 6.07) is 23.0. The first-order chi connectivity index (χ1) is 12.0. The van der Waals surface area contributed by atoms with Gasteiger partial charge >= 0.3 is 8.56 Å². The van der Waals surface area contributed by atoms with E-state index in [1.807, 2.05) is 60.7 Å². The second kappa shape index (κ2) is 8.60. The molecule has 5 heteroatoms. The van der Waals surface area contributed by atoms with Crippen molar-refractivity contribution in [1.29, 1.82) is 0 Å². The zero-order valence-corrected chi connectivity index (χ0v) is 17.6. The van der Waals surface area contributed by atoms with Gasteiger partial charge in [-0.25, -0.2) is 0 Å². The van der Waals surface area contributed by atoms with Crippen LogP contribution in [-0.4, -0.2) is 22.8 Å². The van der Waals surface area contributed by atoms with Crippen molar-refractivity contribution in [3.63, 3.8) is 0 Å². The molecule has 134 valence electrons. The van der Waals surface area contributed by atoms with Gasteiger partial charge < -0.3 is 8.54 Å². The van der Waals surface area contributed by atoms with Crippen molar-refractivity contribution < 1.29 is 13.3 Å². The largest absolute Gasteiger partial charge is 0.488 e. The van der Waals surface area contributed by atoms with Crippen LogP contribution in [0.2, 0.25) is 18.1 Å². The summed E-state index contributed by atoms with van der Waals surface area (Å²) in [5.74, 6) is -0.286. The van der Waals surface area contributed by atoms with Gasteiger partial charge in [-0.3, -0.25) is 4.79 Å². The molecule has 0 aromatic heterocycles. The Bertz CT molecular complexity index is 622. The van der Waals surface area contributed by atoms with Crippen LogP contribution in [0.25, 0.3) is 0 Å². The highest BCUT2D eigenvalue weighted by molar-refractivity contribution is 6.99. The van der Waals surface area contributed by atoms with Gasteiger partial charge in [0.25, 0.3) is 5.97 Å². The first kappa shape index (κ1) is 19.6. The summed E-state index contributed by atoms with van der Waals surface area (Å²) >= 11 is 0. The van der Waals surface area contributed by atoms with E-state index in [1.54, 1.807) is 0 Å². The van der Waals surface area contributed by atoms with Crippen LogP contribution in [0.5, 0.6) is 0 Å². The first-order valence-electron chi connectivity index (χ1n) is 9.02. The van der Waals surface area contributed by atoms with Gasteiger partial charge in [-0.15, -0.1) is 0 Å². The quantitative estimate of drug-likeness (QED) is 0.661. The SMILES string of the molecule is CC[Si](CC)(CC)O[Si](OC(C)=O)(c1ccccc1)c1ccccc1. The molecule has 3 nitrogen and oxygen atoms in total. The molecule has 2 rings (SSSR count). The fourth-order valence-electron chi connectivity index (χ4n) is 3.21. The Hall–Kier alpha value is -1.70. The predicted octanol–water partition coefficient (Wildman–Crippen LogP) is 3.83. The lowest BCUT2D eigenvalue weighted by molar-refractivity contribution is -0.133. The first-order valence-corrected chi connectivity index (χ1v) is 13.4. The minimum absolute atomic E-state index is 0.286. The van der Waals surface area contributed by atoms with Gasteiger partial charge in [0, 0.05) is 17.3 Å². The Kier molecular flexibility index (Phi) is 6.75. The smallest absolute Gasteiger partial charge is 0.460 e. The second-order valence-corrected chi connectivity index (χ2v) is 14.2. The number of rotatable bonds is 8. The monoisotopic (exact) mass is 372 g/mol. The molecule has 0 radical (unpaired) electrons. The maximum absolute atomic E-state index is 12.1. The number of hydrogen-bond donors (Lipinski definition) is 0. The summed E-state index contributed by atoms with van der Waals surface area (Å²) in [7, 11) is -5.10. The summed E-state index contributed by atoms with van der Waals surface area (Å²) in [4.78, 5) is 12.1. The lowest BCUT2D eigenvalue weighted by Crippen LogP contribution is -2.68. The third kappa shape index (κ3) is 4.29. The normalized spacial score (nSPS) is 12.0. The third-order valence-corrected chi connectivity index (χ3v) is 14.4. The molecule has 0 bridgehead atoms. The van der Waals surface area contributed by atoms with Crippen LogP contribution in [-0.2, 0) is 13.3 Å². The van der Waals surface area contributed by atoms with Crippen molar-refractivity contribution in [1.82, 2.24) is 0 Å². The topological polar surface area (TPSA) is 35.5 Å². The Morgan fingerprint density at radius 2 is 1.20 bits per heavy atom. The molecule has 25 heavy (non-hydrogen) atoms. The highest BCUT2D eigenvalue weighted by Crippen LogP contribution is 2.27. The van der Waals surface area contributed by atoms with Crippen molar-refractivity contribution in [3.05, 3.63) is 60.7 Å². The van der Waals surface area contributed by atoms with Gasteiger partial charge in [0.2, 0.25) is 0 Å². The van der Waals surface area contributed by atoms with E-state index < -0.39 is 16.9 Å². The van der Waals surface area contributed by atoms with Gasteiger partial charge in [0.1, 0.15) is 0 Å². The van der Waals surface area contributed by atoms with E-state index in [9.17, 15) is 4.79 Å². The van der Waals surface area contributed by atoms with Crippen molar-refractivity contribution in [2.45, 2.75) is 45.8 Å². The molecule has 0 unspecified atom stereocenters. The molecule has 0 heterocycles. The molecule has 0 aliphatic carbocycles. The van der Waals surface area contributed by atoms with E-state index in [-0.39, 0.29) is 5.97 Å². The summed E-state index contributed by atoms with van der Waals surface area (Å²) in [5, 5.41) is 1.98. The summed E-state index contributed by atoms with van der Waals surface area (Å²) in [6.45, 7) is 8.07. The molecule has 2 aromatic carbocycles. The van der Waals surface area contributed by atoms with Gasteiger partial charge in [0.15, 0.2) is 8.32 Å². The van der Waals surface area contributed by atoms with E-state index in [1.165, 1.54) is 6.92 Å². The Balaban J connectivity index is 2.69.